The molecule has 0 fully saturated rings. The number of hydrogen-bond donors (Lipinski definition) is 3. The van der Waals surface area contributed by atoms with Gasteiger partial charge in [-0.25, -0.2) is 0 Å². The largest absolute Gasteiger partial charge is 0.374 e. The zero-order valence-electron chi connectivity index (χ0n) is 7.18. The lowest BCUT2D eigenvalue weighted by molar-refractivity contribution is -0.0485. The highest BCUT2D eigenvalue weighted by molar-refractivity contribution is 4.85. The van der Waals surface area contributed by atoms with Gasteiger partial charge in [-0.3, -0.25) is 5.32 Å². The van der Waals surface area contributed by atoms with Crippen molar-refractivity contribution in [2.75, 3.05) is 7.05 Å². The second kappa shape index (κ2) is 3.32. The Morgan fingerprint density at radius 2 is 1.80 bits per heavy atom. The molecule has 0 amide bonds. The predicted molar refractivity (Wildman–Crippen MR) is 42.5 cm³/mol. The molecule has 0 rings (SSSR count). The molecular weight excluding hydrogens is 128 g/mol. The number of aliphatic hydroxyl groups is 1. The molecule has 0 saturated heterocycles. The number of rotatable bonds is 3. The summed E-state index contributed by atoms with van der Waals surface area (Å²) in [4.78, 5) is 0. The molecule has 0 aliphatic rings. The molecular formula is C7H18N2O. The van der Waals surface area contributed by atoms with Gasteiger partial charge in [0.2, 0.25) is 0 Å². The van der Waals surface area contributed by atoms with Crippen molar-refractivity contribution in [2.24, 2.45) is 11.7 Å². The quantitative estimate of drug-likeness (QED) is 0.487. The summed E-state index contributed by atoms with van der Waals surface area (Å²) in [6, 6.07) is -0.252. The second-order valence-electron chi connectivity index (χ2n) is 3.02. The van der Waals surface area contributed by atoms with Crippen molar-refractivity contribution < 1.29 is 5.11 Å². The van der Waals surface area contributed by atoms with E-state index in [2.05, 4.69) is 5.32 Å². The maximum atomic E-state index is 9.74. The van der Waals surface area contributed by atoms with E-state index in [1.54, 1.807) is 14.0 Å². The minimum Gasteiger partial charge on any atom is -0.374 e. The first-order valence-corrected chi connectivity index (χ1v) is 3.62. The molecule has 0 bridgehead atoms. The molecule has 2 atom stereocenters. The molecule has 0 saturated carbocycles. The third-order valence-corrected chi connectivity index (χ3v) is 1.97. The second-order valence-corrected chi connectivity index (χ2v) is 3.02. The highest BCUT2D eigenvalue weighted by atomic mass is 16.3. The van der Waals surface area contributed by atoms with E-state index in [1.165, 1.54) is 0 Å². The van der Waals surface area contributed by atoms with Gasteiger partial charge in [-0.1, -0.05) is 13.8 Å². The first kappa shape index (κ1) is 9.88. The lowest BCUT2D eigenvalue weighted by Gasteiger charge is -2.35. The van der Waals surface area contributed by atoms with Crippen molar-refractivity contribution >= 4 is 0 Å². The van der Waals surface area contributed by atoms with E-state index in [0.29, 0.717) is 0 Å². The molecule has 0 aromatic rings. The molecule has 0 spiro atoms. The van der Waals surface area contributed by atoms with Gasteiger partial charge in [-0.2, -0.15) is 0 Å². The first-order valence-electron chi connectivity index (χ1n) is 3.62. The van der Waals surface area contributed by atoms with Crippen molar-refractivity contribution in [3.05, 3.63) is 0 Å². The van der Waals surface area contributed by atoms with Gasteiger partial charge in [-0.05, 0) is 19.9 Å². The van der Waals surface area contributed by atoms with E-state index < -0.39 is 5.72 Å². The van der Waals surface area contributed by atoms with Gasteiger partial charge in [0.15, 0.2) is 0 Å². The third-order valence-electron chi connectivity index (χ3n) is 1.97. The van der Waals surface area contributed by atoms with Crippen LogP contribution in [0.25, 0.3) is 0 Å². The molecule has 0 radical (unpaired) electrons. The van der Waals surface area contributed by atoms with Gasteiger partial charge >= 0.3 is 0 Å². The van der Waals surface area contributed by atoms with Crippen LogP contribution in [0, 0.1) is 5.92 Å². The van der Waals surface area contributed by atoms with Crippen LogP contribution >= 0.6 is 0 Å². The SMILES string of the molecule is CNC(O)(C(C)C)C(C)N. The van der Waals surface area contributed by atoms with Crippen molar-refractivity contribution in [1.82, 2.24) is 5.32 Å². The average Bonchev–Trinajstić information content (AvgIpc) is 1.85. The molecule has 10 heavy (non-hydrogen) atoms. The Bertz CT molecular complexity index is 93.8. The molecule has 62 valence electrons. The van der Waals surface area contributed by atoms with Gasteiger partial charge in [-0.15, -0.1) is 0 Å². The zero-order valence-corrected chi connectivity index (χ0v) is 7.18. The number of hydrogen-bond acceptors (Lipinski definition) is 3. The van der Waals surface area contributed by atoms with Gasteiger partial charge in [0.25, 0.3) is 0 Å². The topological polar surface area (TPSA) is 58.3 Å². The average molecular weight is 146 g/mol. The molecule has 3 nitrogen and oxygen atoms in total. The van der Waals surface area contributed by atoms with Crippen LogP contribution in [0.15, 0.2) is 0 Å². The summed E-state index contributed by atoms with van der Waals surface area (Å²) < 4.78 is 0. The summed E-state index contributed by atoms with van der Waals surface area (Å²) in [7, 11) is 1.71. The van der Waals surface area contributed by atoms with Gasteiger partial charge in [0.1, 0.15) is 5.72 Å². The van der Waals surface area contributed by atoms with Crippen LogP contribution in [0.1, 0.15) is 20.8 Å². The minimum atomic E-state index is -0.931. The van der Waals surface area contributed by atoms with Crippen molar-refractivity contribution in [3.8, 4) is 0 Å². The van der Waals surface area contributed by atoms with E-state index in [9.17, 15) is 5.11 Å². The van der Waals surface area contributed by atoms with Gasteiger partial charge < -0.3 is 10.8 Å². The molecule has 0 aliphatic heterocycles. The Morgan fingerprint density at radius 3 is 1.80 bits per heavy atom. The highest BCUT2D eigenvalue weighted by Crippen LogP contribution is 2.15. The lowest BCUT2D eigenvalue weighted by Crippen LogP contribution is -2.59. The van der Waals surface area contributed by atoms with Gasteiger partial charge in [0, 0.05) is 6.04 Å². The monoisotopic (exact) mass is 146 g/mol. The Hall–Kier alpha value is -0.120. The maximum Gasteiger partial charge on any atom is 0.133 e. The normalized spacial score (nSPS) is 20.7. The third kappa shape index (κ3) is 1.68. The van der Waals surface area contributed by atoms with Crippen LogP contribution in [0.4, 0.5) is 0 Å². The predicted octanol–water partition coefficient (Wildman–Crippen LogP) is -0.102. The van der Waals surface area contributed by atoms with E-state index in [4.69, 9.17) is 5.73 Å². The van der Waals surface area contributed by atoms with Crippen LogP contribution < -0.4 is 11.1 Å². The summed E-state index contributed by atoms with van der Waals surface area (Å²) in [6.45, 7) is 5.65. The summed E-state index contributed by atoms with van der Waals surface area (Å²) in [5.41, 5.74) is 4.64. The number of likely N-dealkylation sites (N-methyl/N-ethyl adjacent to an activating group) is 1. The van der Waals surface area contributed by atoms with Crippen LogP contribution in [0.5, 0.6) is 0 Å². The van der Waals surface area contributed by atoms with E-state index >= 15 is 0 Å². The molecule has 0 aromatic carbocycles. The van der Waals surface area contributed by atoms with Crippen LogP contribution in [-0.4, -0.2) is 23.9 Å². The highest BCUT2D eigenvalue weighted by Gasteiger charge is 2.32. The Kier molecular flexibility index (Phi) is 3.28. The zero-order chi connectivity index (χ0) is 8.36. The fourth-order valence-corrected chi connectivity index (χ4v) is 1.04. The Balaban J connectivity index is 4.23. The van der Waals surface area contributed by atoms with Crippen molar-refractivity contribution in [3.63, 3.8) is 0 Å². The molecule has 4 N–H and O–H groups in total. The Labute approximate surface area is 62.6 Å². The number of nitrogens with one attached hydrogen (secondary N) is 1. The molecule has 0 aliphatic carbocycles. The molecule has 2 unspecified atom stereocenters. The van der Waals surface area contributed by atoms with Crippen LogP contribution in [0.3, 0.4) is 0 Å². The fourth-order valence-electron chi connectivity index (χ4n) is 1.04. The summed E-state index contributed by atoms with van der Waals surface area (Å²) in [5.74, 6) is 0.123. The van der Waals surface area contributed by atoms with Crippen molar-refractivity contribution in [2.45, 2.75) is 32.5 Å². The standard InChI is InChI=1S/C7H18N2O/c1-5(2)7(10,9-4)6(3)8/h5-6,9-10H,8H2,1-4H3. The number of nitrogens with two attached hydrogens (primary N) is 1. The fraction of sp³-hybridized carbons (Fsp3) is 1.00. The van der Waals surface area contributed by atoms with E-state index in [1.807, 2.05) is 13.8 Å². The van der Waals surface area contributed by atoms with E-state index in [0.717, 1.165) is 0 Å². The van der Waals surface area contributed by atoms with Crippen LogP contribution in [-0.2, 0) is 0 Å². The molecule has 3 heteroatoms. The molecule has 0 heterocycles. The molecule has 0 aromatic heterocycles. The maximum absolute atomic E-state index is 9.74. The van der Waals surface area contributed by atoms with Gasteiger partial charge in [0.05, 0.1) is 0 Å². The lowest BCUT2D eigenvalue weighted by atomic mass is 9.93. The van der Waals surface area contributed by atoms with Crippen molar-refractivity contribution in [1.29, 1.82) is 0 Å². The first-order chi connectivity index (χ1) is 4.45. The minimum absolute atomic E-state index is 0.123. The summed E-state index contributed by atoms with van der Waals surface area (Å²) >= 11 is 0. The summed E-state index contributed by atoms with van der Waals surface area (Å²) in [5, 5.41) is 12.5. The van der Waals surface area contributed by atoms with Crippen LogP contribution in [0.2, 0.25) is 0 Å². The summed E-state index contributed by atoms with van der Waals surface area (Å²) in [6.07, 6.45) is 0. The van der Waals surface area contributed by atoms with E-state index in [-0.39, 0.29) is 12.0 Å². The Morgan fingerprint density at radius 1 is 1.40 bits per heavy atom. The smallest absolute Gasteiger partial charge is 0.133 e.